The van der Waals surface area contributed by atoms with Gasteiger partial charge in [0, 0.05) is 37.1 Å². The van der Waals surface area contributed by atoms with Gasteiger partial charge in [-0.1, -0.05) is 13.8 Å². The lowest BCUT2D eigenvalue weighted by atomic mass is 9.94. The first-order valence-electron chi connectivity index (χ1n) is 7.49. The van der Waals surface area contributed by atoms with Crippen molar-refractivity contribution < 1.29 is 0 Å². The lowest BCUT2D eigenvalue weighted by Gasteiger charge is -2.36. The van der Waals surface area contributed by atoms with Crippen LogP contribution < -0.4 is 10.2 Å². The number of anilines is 1. The van der Waals surface area contributed by atoms with E-state index in [-0.39, 0.29) is 0 Å². The van der Waals surface area contributed by atoms with Crippen LogP contribution >= 0.6 is 0 Å². The maximum atomic E-state index is 4.53. The highest BCUT2D eigenvalue weighted by Gasteiger charge is 2.24. The fourth-order valence-electron chi connectivity index (χ4n) is 2.70. The standard InChI is InChI=1S/C15H26N4/c1-4-6-16-9-14-10-17-15(18-11-14)19-7-5-12(2)8-13(19)3/h10-13,16H,4-9H2,1-3H3. The van der Waals surface area contributed by atoms with Gasteiger partial charge in [-0.2, -0.15) is 0 Å². The van der Waals surface area contributed by atoms with Crippen molar-refractivity contribution in [1.29, 1.82) is 0 Å². The summed E-state index contributed by atoms with van der Waals surface area (Å²) < 4.78 is 0. The van der Waals surface area contributed by atoms with Gasteiger partial charge in [0.1, 0.15) is 0 Å². The van der Waals surface area contributed by atoms with Crippen LogP contribution in [0.5, 0.6) is 0 Å². The first kappa shape index (κ1) is 14.3. The van der Waals surface area contributed by atoms with Gasteiger partial charge < -0.3 is 10.2 Å². The number of piperidine rings is 1. The molecule has 2 rings (SSSR count). The molecule has 4 heteroatoms. The lowest BCUT2D eigenvalue weighted by molar-refractivity contribution is 0.374. The highest BCUT2D eigenvalue weighted by molar-refractivity contribution is 5.32. The van der Waals surface area contributed by atoms with Gasteiger partial charge in [0.2, 0.25) is 5.95 Å². The van der Waals surface area contributed by atoms with Gasteiger partial charge in [0.25, 0.3) is 0 Å². The summed E-state index contributed by atoms with van der Waals surface area (Å²) in [5.74, 6) is 1.71. The summed E-state index contributed by atoms with van der Waals surface area (Å²) in [6, 6.07) is 0.549. The molecule has 0 bridgehead atoms. The van der Waals surface area contributed by atoms with Gasteiger partial charge in [-0.05, 0) is 38.6 Å². The van der Waals surface area contributed by atoms with Crippen molar-refractivity contribution in [1.82, 2.24) is 15.3 Å². The molecule has 0 aromatic carbocycles. The summed E-state index contributed by atoms with van der Waals surface area (Å²) >= 11 is 0. The van der Waals surface area contributed by atoms with Gasteiger partial charge in [-0.25, -0.2) is 9.97 Å². The molecule has 0 spiro atoms. The van der Waals surface area contributed by atoms with Crippen LogP contribution in [0.25, 0.3) is 0 Å². The minimum atomic E-state index is 0.549. The largest absolute Gasteiger partial charge is 0.338 e. The van der Waals surface area contributed by atoms with Gasteiger partial charge in [-0.3, -0.25) is 0 Å². The molecule has 2 atom stereocenters. The molecule has 1 fully saturated rings. The quantitative estimate of drug-likeness (QED) is 0.828. The summed E-state index contributed by atoms with van der Waals surface area (Å²) in [6.45, 7) is 9.76. The van der Waals surface area contributed by atoms with E-state index in [2.05, 4.69) is 41.0 Å². The predicted molar refractivity (Wildman–Crippen MR) is 79.2 cm³/mol. The number of nitrogens with one attached hydrogen (secondary N) is 1. The Labute approximate surface area is 116 Å². The van der Waals surface area contributed by atoms with Crippen molar-refractivity contribution in [2.75, 3.05) is 18.0 Å². The summed E-state index contributed by atoms with van der Waals surface area (Å²) in [5.41, 5.74) is 1.16. The molecule has 2 heterocycles. The summed E-state index contributed by atoms with van der Waals surface area (Å²) in [7, 11) is 0. The van der Waals surface area contributed by atoms with E-state index >= 15 is 0 Å². The Bertz CT molecular complexity index is 376. The Morgan fingerprint density at radius 1 is 1.32 bits per heavy atom. The number of hydrogen-bond donors (Lipinski definition) is 1. The van der Waals surface area contributed by atoms with Crippen LogP contribution in [0, 0.1) is 5.92 Å². The molecule has 1 aromatic rings. The van der Waals surface area contributed by atoms with E-state index in [9.17, 15) is 0 Å². The highest BCUT2D eigenvalue weighted by atomic mass is 15.3. The molecule has 1 aromatic heterocycles. The lowest BCUT2D eigenvalue weighted by Crippen LogP contribution is -2.41. The fraction of sp³-hybridized carbons (Fsp3) is 0.733. The van der Waals surface area contributed by atoms with Crippen molar-refractivity contribution in [2.45, 2.75) is 52.6 Å². The fourth-order valence-corrected chi connectivity index (χ4v) is 2.70. The molecular weight excluding hydrogens is 236 g/mol. The summed E-state index contributed by atoms with van der Waals surface area (Å²) in [6.07, 6.45) is 7.55. The van der Waals surface area contributed by atoms with E-state index in [0.717, 1.165) is 43.5 Å². The third kappa shape index (κ3) is 3.90. The number of aromatic nitrogens is 2. The van der Waals surface area contributed by atoms with E-state index in [0.29, 0.717) is 6.04 Å². The molecular formula is C15H26N4. The van der Waals surface area contributed by atoms with Gasteiger partial charge in [-0.15, -0.1) is 0 Å². The normalized spacial score (nSPS) is 23.6. The zero-order chi connectivity index (χ0) is 13.7. The van der Waals surface area contributed by atoms with Crippen LogP contribution in [0.1, 0.15) is 45.6 Å². The third-order valence-corrected chi connectivity index (χ3v) is 3.84. The van der Waals surface area contributed by atoms with E-state index < -0.39 is 0 Å². The topological polar surface area (TPSA) is 41.1 Å². The molecule has 0 saturated carbocycles. The molecule has 106 valence electrons. The van der Waals surface area contributed by atoms with Crippen molar-refractivity contribution in [3.05, 3.63) is 18.0 Å². The monoisotopic (exact) mass is 262 g/mol. The van der Waals surface area contributed by atoms with E-state index in [1.165, 1.54) is 12.8 Å². The highest BCUT2D eigenvalue weighted by Crippen LogP contribution is 2.25. The van der Waals surface area contributed by atoms with Crippen LogP contribution in [0.15, 0.2) is 12.4 Å². The Morgan fingerprint density at radius 3 is 2.68 bits per heavy atom. The van der Waals surface area contributed by atoms with E-state index in [1.54, 1.807) is 0 Å². The molecule has 2 unspecified atom stereocenters. The summed E-state index contributed by atoms with van der Waals surface area (Å²) in [4.78, 5) is 11.4. The van der Waals surface area contributed by atoms with E-state index in [1.807, 2.05) is 12.4 Å². The average Bonchev–Trinajstić information content (AvgIpc) is 2.40. The van der Waals surface area contributed by atoms with Crippen molar-refractivity contribution >= 4 is 5.95 Å². The van der Waals surface area contributed by atoms with Gasteiger partial charge in [0.15, 0.2) is 0 Å². The molecule has 1 saturated heterocycles. The van der Waals surface area contributed by atoms with Crippen LogP contribution in [-0.4, -0.2) is 29.1 Å². The minimum Gasteiger partial charge on any atom is -0.338 e. The zero-order valence-electron chi connectivity index (χ0n) is 12.4. The Kier molecular flexibility index (Phi) is 5.14. The third-order valence-electron chi connectivity index (χ3n) is 3.84. The molecule has 0 amide bonds. The first-order chi connectivity index (χ1) is 9.20. The maximum Gasteiger partial charge on any atom is 0.225 e. The van der Waals surface area contributed by atoms with Crippen LogP contribution in [0.2, 0.25) is 0 Å². The second kappa shape index (κ2) is 6.85. The Hall–Kier alpha value is -1.16. The maximum absolute atomic E-state index is 4.53. The number of rotatable bonds is 5. The minimum absolute atomic E-state index is 0.549. The van der Waals surface area contributed by atoms with Crippen LogP contribution in [0.3, 0.4) is 0 Å². The SMILES string of the molecule is CCCNCc1cnc(N2CCC(C)CC2C)nc1. The van der Waals surface area contributed by atoms with Crippen molar-refractivity contribution in [3.63, 3.8) is 0 Å². The van der Waals surface area contributed by atoms with Gasteiger partial charge in [0.05, 0.1) is 0 Å². The number of nitrogens with zero attached hydrogens (tertiary/aromatic N) is 3. The molecule has 1 N–H and O–H groups in total. The molecule has 19 heavy (non-hydrogen) atoms. The molecule has 4 nitrogen and oxygen atoms in total. The zero-order valence-corrected chi connectivity index (χ0v) is 12.4. The van der Waals surface area contributed by atoms with Crippen molar-refractivity contribution in [3.8, 4) is 0 Å². The van der Waals surface area contributed by atoms with E-state index in [4.69, 9.17) is 0 Å². The van der Waals surface area contributed by atoms with Crippen LogP contribution in [0.4, 0.5) is 5.95 Å². The smallest absolute Gasteiger partial charge is 0.225 e. The summed E-state index contributed by atoms with van der Waals surface area (Å²) in [5, 5.41) is 3.37. The number of hydrogen-bond acceptors (Lipinski definition) is 4. The second-order valence-electron chi connectivity index (χ2n) is 5.74. The first-order valence-corrected chi connectivity index (χ1v) is 7.49. The van der Waals surface area contributed by atoms with Crippen molar-refractivity contribution in [2.24, 2.45) is 5.92 Å². The average molecular weight is 262 g/mol. The Morgan fingerprint density at radius 2 is 2.05 bits per heavy atom. The molecule has 1 aliphatic heterocycles. The molecule has 0 radical (unpaired) electrons. The molecule has 1 aliphatic rings. The Balaban J connectivity index is 1.94. The van der Waals surface area contributed by atoms with Crippen LogP contribution in [-0.2, 0) is 6.54 Å². The predicted octanol–water partition coefficient (Wildman–Crippen LogP) is 2.60. The molecule has 0 aliphatic carbocycles. The van der Waals surface area contributed by atoms with Gasteiger partial charge >= 0.3 is 0 Å². The second-order valence-corrected chi connectivity index (χ2v) is 5.74.